The van der Waals surface area contributed by atoms with Crippen molar-refractivity contribution in [2.75, 3.05) is 6.54 Å². The lowest BCUT2D eigenvalue weighted by Gasteiger charge is -2.26. The number of amides is 1. The molecule has 1 amide bonds. The summed E-state index contributed by atoms with van der Waals surface area (Å²) in [6.45, 7) is 1.61. The smallest absolute Gasteiger partial charge is 0.410 e. The number of ether oxygens (including phenoxy) is 1. The standard InChI is InChI=1S/C19H18N2O2/c22-19(23-13-14-6-2-1-3-7-14)21-11-10-18-16(12-21)15-8-4-5-9-17(15)20-18/h1-9,20H,10-13H2. The van der Waals surface area contributed by atoms with Crippen molar-refractivity contribution in [2.45, 2.75) is 19.6 Å². The number of hydrogen-bond donors (Lipinski definition) is 1. The average Bonchev–Trinajstić information content (AvgIpc) is 2.98. The number of nitrogens with one attached hydrogen (secondary N) is 1. The second kappa shape index (κ2) is 5.80. The van der Waals surface area contributed by atoms with Crippen LogP contribution < -0.4 is 0 Å². The van der Waals surface area contributed by atoms with E-state index in [-0.39, 0.29) is 6.09 Å². The number of aromatic amines is 1. The normalized spacial score (nSPS) is 13.8. The first-order chi connectivity index (χ1) is 11.3. The molecule has 0 fully saturated rings. The molecule has 0 saturated heterocycles. The maximum absolute atomic E-state index is 12.3. The summed E-state index contributed by atoms with van der Waals surface area (Å²) in [6.07, 6.45) is 0.592. The van der Waals surface area contributed by atoms with Gasteiger partial charge in [0.25, 0.3) is 0 Å². The summed E-state index contributed by atoms with van der Waals surface area (Å²) < 4.78 is 5.45. The van der Waals surface area contributed by atoms with Gasteiger partial charge < -0.3 is 14.6 Å². The number of para-hydroxylation sites is 1. The third kappa shape index (κ3) is 2.68. The molecule has 23 heavy (non-hydrogen) atoms. The molecule has 0 aliphatic carbocycles. The van der Waals surface area contributed by atoms with Crippen molar-refractivity contribution in [3.63, 3.8) is 0 Å². The van der Waals surface area contributed by atoms with E-state index in [1.165, 1.54) is 16.6 Å². The van der Waals surface area contributed by atoms with Crippen LogP contribution in [0.3, 0.4) is 0 Å². The fourth-order valence-electron chi connectivity index (χ4n) is 3.13. The van der Waals surface area contributed by atoms with E-state index in [2.05, 4.69) is 17.1 Å². The molecule has 1 N–H and O–H groups in total. The van der Waals surface area contributed by atoms with E-state index in [0.717, 1.165) is 17.5 Å². The fourth-order valence-corrected chi connectivity index (χ4v) is 3.13. The average molecular weight is 306 g/mol. The minimum Gasteiger partial charge on any atom is -0.445 e. The van der Waals surface area contributed by atoms with Crippen LogP contribution in [-0.4, -0.2) is 22.5 Å². The number of H-pyrrole nitrogens is 1. The van der Waals surface area contributed by atoms with Gasteiger partial charge >= 0.3 is 6.09 Å². The van der Waals surface area contributed by atoms with Crippen LogP contribution in [-0.2, 0) is 24.3 Å². The number of fused-ring (bicyclic) bond motifs is 3. The van der Waals surface area contributed by atoms with Crippen molar-refractivity contribution >= 4 is 17.0 Å². The molecule has 4 heteroatoms. The molecule has 4 nitrogen and oxygen atoms in total. The van der Waals surface area contributed by atoms with E-state index in [1.807, 2.05) is 42.5 Å². The number of carbonyl (C=O) groups is 1. The molecular formula is C19H18N2O2. The number of benzene rings is 2. The second-order valence-corrected chi connectivity index (χ2v) is 5.84. The lowest BCUT2D eigenvalue weighted by molar-refractivity contribution is 0.0919. The summed E-state index contributed by atoms with van der Waals surface area (Å²) in [5, 5.41) is 1.20. The molecule has 2 heterocycles. The highest BCUT2D eigenvalue weighted by atomic mass is 16.6. The van der Waals surface area contributed by atoms with Gasteiger partial charge in [-0.1, -0.05) is 48.5 Å². The molecule has 1 aliphatic rings. The summed E-state index contributed by atoms with van der Waals surface area (Å²) in [6, 6.07) is 18.0. The van der Waals surface area contributed by atoms with Gasteiger partial charge in [0.1, 0.15) is 6.61 Å². The number of hydrogen-bond acceptors (Lipinski definition) is 2. The molecule has 1 aliphatic heterocycles. The van der Waals surface area contributed by atoms with Gasteiger partial charge in [0.15, 0.2) is 0 Å². The van der Waals surface area contributed by atoms with Crippen LogP contribution >= 0.6 is 0 Å². The molecule has 0 atom stereocenters. The van der Waals surface area contributed by atoms with Crippen molar-refractivity contribution in [1.29, 1.82) is 0 Å². The second-order valence-electron chi connectivity index (χ2n) is 5.84. The van der Waals surface area contributed by atoms with Crippen molar-refractivity contribution in [3.05, 3.63) is 71.4 Å². The van der Waals surface area contributed by atoms with Crippen molar-refractivity contribution in [3.8, 4) is 0 Å². The Morgan fingerprint density at radius 2 is 1.87 bits per heavy atom. The van der Waals surface area contributed by atoms with E-state index >= 15 is 0 Å². The van der Waals surface area contributed by atoms with Gasteiger partial charge in [0.2, 0.25) is 0 Å². The molecule has 1 aromatic heterocycles. The van der Waals surface area contributed by atoms with Crippen LogP contribution in [0.15, 0.2) is 54.6 Å². The SMILES string of the molecule is O=C(OCc1ccccc1)N1CCc2[nH]c3ccccc3c2C1. The van der Waals surface area contributed by atoms with E-state index < -0.39 is 0 Å². The van der Waals surface area contributed by atoms with Crippen LogP contribution in [0.25, 0.3) is 10.9 Å². The van der Waals surface area contributed by atoms with Crippen LogP contribution in [0.2, 0.25) is 0 Å². The van der Waals surface area contributed by atoms with Gasteiger partial charge in [-0.3, -0.25) is 0 Å². The highest BCUT2D eigenvalue weighted by molar-refractivity contribution is 5.85. The van der Waals surface area contributed by atoms with Crippen molar-refractivity contribution in [2.24, 2.45) is 0 Å². The molecule has 0 spiro atoms. The zero-order valence-corrected chi connectivity index (χ0v) is 12.8. The maximum Gasteiger partial charge on any atom is 0.410 e. The summed E-state index contributed by atoms with van der Waals surface area (Å²) in [7, 11) is 0. The molecule has 0 bridgehead atoms. The van der Waals surface area contributed by atoms with Gasteiger partial charge in [0, 0.05) is 35.1 Å². The van der Waals surface area contributed by atoms with Gasteiger partial charge in [-0.05, 0) is 11.6 Å². The lowest BCUT2D eigenvalue weighted by Crippen LogP contribution is -2.36. The Morgan fingerprint density at radius 3 is 2.74 bits per heavy atom. The lowest BCUT2D eigenvalue weighted by atomic mass is 10.1. The van der Waals surface area contributed by atoms with Gasteiger partial charge in [0.05, 0.1) is 6.54 Å². The van der Waals surface area contributed by atoms with E-state index in [4.69, 9.17) is 4.74 Å². The van der Waals surface area contributed by atoms with Crippen LogP contribution in [0.1, 0.15) is 16.8 Å². The predicted molar refractivity (Wildman–Crippen MR) is 89.0 cm³/mol. The Hall–Kier alpha value is -2.75. The third-order valence-electron chi connectivity index (χ3n) is 4.35. The Bertz CT molecular complexity index is 839. The number of rotatable bonds is 2. The largest absolute Gasteiger partial charge is 0.445 e. The fraction of sp³-hybridized carbons (Fsp3) is 0.211. The van der Waals surface area contributed by atoms with Crippen LogP contribution in [0.4, 0.5) is 4.79 Å². The minimum absolute atomic E-state index is 0.246. The zero-order chi connectivity index (χ0) is 15.6. The van der Waals surface area contributed by atoms with Crippen LogP contribution in [0.5, 0.6) is 0 Å². The summed E-state index contributed by atoms with van der Waals surface area (Å²) >= 11 is 0. The van der Waals surface area contributed by atoms with Crippen LogP contribution in [0, 0.1) is 0 Å². The number of carbonyl (C=O) groups excluding carboxylic acids is 1. The monoisotopic (exact) mass is 306 g/mol. The summed E-state index contributed by atoms with van der Waals surface area (Å²) in [5.41, 5.74) is 4.59. The first-order valence-corrected chi connectivity index (χ1v) is 7.85. The number of nitrogens with zero attached hydrogens (tertiary/aromatic N) is 1. The van der Waals surface area contributed by atoms with E-state index in [9.17, 15) is 4.79 Å². The Balaban J connectivity index is 1.48. The predicted octanol–water partition coefficient (Wildman–Crippen LogP) is 3.86. The molecule has 0 saturated carbocycles. The molecule has 4 rings (SSSR count). The molecule has 116 valence electrons. The number of aromatic nitrogens is 1. The van der Waals surface area contributed by atoms with Gasteiger partial charge in [-0.25, -0.2) is 4.79 Å². The highest BCUT2D eigenvalue weighted by Crippen LogP contribution is 2.27. The minimum atomic E-state index is -0.246. The zero-order valence-electron chi connectivity index (χ0n) is 12.8. The van der Waals surface area contributed by atoms with Crippen molar-refractivity contribution < 1.29 is 9.53 Å². The van der Waals surface area contributed by atoms with E-state index in [0.29, 0.717) is 19.7 Å². The third-order valence-corrected chi connectivity index (χ3v) is 4.35. The summed E-state index contributed by atoms with van der Waals surface area (Å²) in [4.78, 5) is 17.6. The Labute approximate surface area is 134 Å². The van der Waals surface area contributed by atoms with Gasteiger partial charge in [-0.2, -0.15) is 0 Å². The molecule has 0 unspecified atom stereocenters. The van der Waals surface area contributed by atoms with Crippen molar-refractivity contribution in [1.82, 2.24) is 9.88 Å². The van der Waals surface area contributed by atoms with Gasteiger partial charge in [-0.15, -0.1) is 0 Å². The molecular weight excluding hydrogens is 288 g/mol. The quantitative estimate of drug-likeness (QED) is 0.781. The maximum atomic E-state index is 12.3. The Morgan fingerprint density at radius 1 is 1.09 bits per heavy atom. The molecule has 0 radical (unpaired) electrons. The Kier molecular flexibility index (Phi) is 3.50. The molecule has 2 aromatic carbocycles. The molecule has 3 aromatic rings. The first kappa shape index (κ1) is 13.9. The highest BCUT2D eigenvalue weighted by Gasteiger charge is 2.24. The topological polar surface area (TPSA) is 45.3 Å². The van der Waals surface area contributed by atoms with E-state index in [1.54, 1.807) is 4.90 Å². The summed E-state index contributed by atoms with van der Waals surface area (Å²) in [5.74, 6) is 0. The first-order valence-electron chi connectivity index (χ1n) is 7.85.